The first kappa shape index (κ1) is 34.8. The molecule has 1 fully saturated rings. The monoisotopic (exact) mass is 585 g/mol. The van der Waals surface area contributed by atoms with Gasteiger partial charge in [-0.15, -0.1) is 0 Å². The van der Waals surface area contributed by atoms with Gasteiger partial charge in [-0.05, 0) is 48.5 Å². The van der Waals surface area contributed by atoms with E-state index in [2.05, 4.69) is 26.6 Å². The molecule has 0 aromatic heterocycles. The Hall–Kier alpha value is -3.43. The topological polar surface area (TPSA) is 146 Å². The third-order valence-electron chi connectivity index (χ3n) is 7.18. The van der Waals surface area contributed by atoms with Crippen molar-refractivity contribution in [2.75, 3.05) is 0 Å². The summed E-state index contributed by atoms with van der Waals surface area (Å²) in [5, 5.41) is 14.2. The van der Waals surface area contributed by atoms with Gasteiger partial charge in [0.25, 0.3) is 0 Å². The molecule has 1 aromatic rings. The van der Waals surface area contributed by atoms with Crippen molar-refractivity contribution in [3.8, 4) is 0 Å². The molecule has 234 valence electrons. The second-order valence-electron chi connectivity index (χ2n) is 13.1. The van der Waals surface area contributed by atoms with Crippen LogP contribution in [0.4, 0.5) is 0 Å². The second-order valence-corrected chi connectivity index (χ2v) is 13.1. The summed E-state index contributed by atoms with van der Waals surface area (Å²) in [5.74, 6) is -2.57. The maximum Gasteiger partial charge on any atom is 0.243 e. The van der Waals surface area contributed by atoms with Gasteiger partial charge in [0.05, 0.1) is 0 Å². The molecule has 5 atom stereocenters. The number of carbonyl (C=O) groups excluding carboxylic acids is 5. The predicted molar refractivity (Wildman–Crippen MR) is 163 cm³/mol. The van der Waals surface area contributed by atoms with Crippen molar-refractivity contribution in [3.05, 3.63) is 35.9 Å². The maximum absolute atomic E-state index is 13.7. The van der Waals surface area contributed by atoms with Crippen LogP contribution in [0.3, 0.4) is 0 Å². The maximum atomic E-state index is 13.7. The summed E-state index contributed by atoms with van der Waals surface area (Å²) < 4.78 is 0. The number of hydrogen-bond donors (Lipinski definition) is 5. The van der Waals surface area contributed by atoms with Crippen LogP contribution < -0.4 is 26.6 Å². The van der Waals surface area contributed by atoms with E-state index in [4.69, 9.17) is 0 Å². The standard InChI is InChI=1S/C32H51N5O5/c1-18(2)14-23-28(38)35-26(17-22-12-10-9-11-13-22)30(40)34-25(16-20(5)6)31(41)37-27(21(7)8)32(42)36-24(15-19(3)4)29(39)33-23/h9-13,18-21,23-27H,14-17H2,1-8H3,(H,33,39)(H,34,40)(H,35,38)(H,36,42)(H,37,41)/t23-,24-,25+,26+,27+/m1/s1. The van der Waals surface area contributed by atoms with E-state index in [9.17, 15) is 24.0 Å². The highest BCUT2D eigenvalue weighted by Gasteiger charge is 2.36. The zero-order valence-corrected chi connectivity index (χ0v) is 26.5. The quantitative estimate of drug-likeness (QED) is 0.302. The molecule has 1 aliphatic rings. The normalized spacial score (nSPS) is 25.0. The van der Waals surface area contributed by atoms with Crippen molar-refractivity contribution in [3.63, 3.8) is 0 Å². The summed E-state index contributed by atoms with van der Waals surface area (Å²) in [6.45, 7) is 15.3. The molecule has 0 radical (unpaired) electrons. The van der Waals surface area contributed by atoms with E-state index in [0.717, 1.165) is 5.56 Å². The van der Waals surface area contributed by atoms with E-state index < -0.39 is 59.7 Å². The summed E-state index contributed by atoms with van der Waals surface area (Å²) in [7, 11) is 0. The molecule has 2 rings (SSSR count). The third-order valence-corrected chi connectivity index (χ3v) is 7.18. The summed E-state index contributed by atoms with van der Waals surface area (Å²) >= 11 is 0. The van der Waals surface area contributed by atoms with Crippen molar-refractivity contribution in [2.24, 2.45) is 23.7 Å². The molecule has 42 heavy (non-hydrogen) atoms. The molecule has 0 aliphatic carbocycles. The third kappa shape index (κ3) is 11.1. The number of nitrogens with one attached hydrogen (secondary N) is 5. The van der Waals surface area contributed by atoms with Gasteiger partial charge in [0, 0.05) is 6.42 Å². The van der Waals surface area contributed by atoms with Crippen LogP contribution in [0.15, 0.2) is 30.3 Å². The van der Waals surface area contributed by atoms with Gasteiger partial charge >= 0.3 is 0 Å². The largest absolute Gasteiger partial charge is 0.343 e. The Morgan fingerprint density at radius 1 is 0.500 bits per heavy atom. The molecule has 0 saturated carbocycles. The van der Waals surface area contributed by atoms with E-state index in [-0.39, 0.29) is 30.1 Å². The highest BCUT2D eigenvalue weighted by atomic mass is 16.2. The van der Waals surface area contributed by atoms with E-state index in [1.807, 2.05) is 85.7 Å². The summed E-state index contributed by atoms with van der Waals surface area (Å²) in [6, 6.07) is 4.61. The second kappa shape index (κ2) is 16.3. The molecule has 5 N–H and O–H groups in total. The van der Waals surface area contributed by atoms with Gasteiger partial charge in [0.2, 0.25) is 29.5 Å². The van der Waals surface area contributed by atoms with Gasteiger partial charge in [-0.1, -0.05) is 85.7 Å². The number of hydrogen-bond acceptors (Lipinski definition) is 5. The molecule has 0 bridgehead atoms. The van der Waals surface area contributed by atoms with Crippen molar-refractivity contribution < 1.29 is 24.0 Å². The Labute approximate surface area is 250 Å². The van der Waals surface area contributed by atoms with Gasteiger partial charge < -0.3 is 26.6 Å². The molecule has 0 unspecified atom stereocenters. The first-order chi connectivity index (χ1) is 19.7. The number of benzene rings is 1. The molecular formula is C32H51N5O5. The SMILES string of the molecule is CC(C)C[C@@H]1NC(=O)[C@H](Cc2ccccc2)NC(=O)[C@@H](CC(C)C)NC(=O)[C@@H](CC(C)C)NC(=O)[C@H](C(C)C)NC1=O. The lowest BCUT2D eigenvalue weighted by Crippen LogP contribution is -2.59. The van der Waals surface area contributed by atoms with Crippen LogP contribution in [0.25, 0.3) is 0 Å². The minimum absolute atomic E-state index is 0.0595. The predicted octanol–water partition coefficient (Wildman–Crippen LogP) is 2.46. The smallest absolute Gasteiger partial charge is 0.243 e. The van der Waals surface area contributed by atoms with Crippen LogP contribution in [-0.2, 0) is 30.4 Å². The molecule has 5 amide bonds. The van der Waals surface area contributed by atoms with Gasteiger partial charge in [0.1, 0.15) is 30.2 Å². The van der Waals surface area contributed by atoms with Gasteiger partial charge in [-0.2, -0.15) is 0 Å². The van der Waals surface area contributed by atoms with Gasteiger partial charge in [-0.3, -0.25) is 24.0 Å². The highest BCUT2D eigenvalue weighted by molar-refractivity contribution is 5.98. The average Bonchev–Trinajstić information content (AvgIpc) is 2.89. The van der Waals surface area contributed by atoms with Crippen molar-refractivity contribution >= 4 is 29.5 Å². The molecular weight excluding hydrogens is 534 g/mol. The Morgan fingerprint density at radius 3 is 1.26 bits per heavy atom. The zero-order valence-electron chi connectivity index (χ0n) is 26.5. The van der Waals surface area contributed by atoms with Gasteiger partial charge in [0.15, 0.2) is 0 Å². The lowest BCUT2D eigenvalue weighted by molar-refractivity contribution is -0.135. The minimum Gasteiger partial charge on any atom is -0.343 e. The van der Waals surface area contributed by atoms with E-state index >= 15 is 0 Å². The molecule has 1 heterocycles. The first-order valence-corrected chi connectivity index (χ1v) is 15.2. The fourth-order valence-corrected chi connectivity index (χ4v) is 5.04. The van der Waals surface area contributed by atoms with E-state index in [1.54, 1.807) is 0 Å². The molecule has 10 nitrogen and oxygen atoms in total. The molecule has 1 saturated heterocycles. The summed E-state index contributed by atoms with van der Waals surface area (Å²) in [4.78, 5) is 68.0. The van der Waals surface area contributed by atoms with Crippen LogP contribution in [-0.4, -0.2) is 59.7 Å². The Balaban J connectivity index is 2.59. The molecule has 0 spiro atoms. The number of rotatable bonds is 9. The minimum atomic E-state index is -0.994. The fourth-order valence-electron chi connectivity index (χ4n) is 5.04. The van der Waals surface area contributed by atoms with Crippen molar-refractivity contribution in [1.29, 1.82) is 0 Å². The van der Waals surface area contributed by atoms with Crippen LogP contribution >= 0.6 is 0 Å². The molecule has 1 aromatic carbocycles. The molecule has 10 heteroatoms. The summed E-state index contributed by atoms with van der Waals surface area (Å²) in [5.41, 5.74) is 0.830. The van der Waals surface area contributed by atoms with Crippen LogP contribution in [0.1, 0.15) is 80.2 Å². The lowest BCUT2D eigenvalue weighted by atomic mass is 9.98. The molecule has 1 aliphatic heterocycles. The van der Waals surface area contributed by atoms with Crippen molar-refractivity contribution in [2.45, 2.75) is 111 Å². The fraction of sp³-hybridized carbons (Fsp3) is 0.656. The Morgan fingerprint density at radius 2 is 0.857 bits per heavy atom. The van der Waals surface area contributed by atoms with E-state index in [0.29, 0.717) is 19.3 Å². The number of carbonyl (C=O) groups is 5. The Bertz CT molecular complexity index is 1070. The Kier molecular flexibility index (Phi) is 13.5. The van der Waals surface area contributed by atoms with Crippen LogP contribution in [0.2, 0.25) is 0 Å². The number of amides is 5. The van der Waals surface area contributed by atoms with Gasteiger partial charge in [-0.25, -0.2) is 0 Å². The zero-order chi connectivity index (χ0) is 31.6. The average molecular weight is 586 g/mol. The highest BCUT2D eigenvalue weighted by Crippen LogP contribution is 2.14. The van der Waals surface area contributed by atoms with Crippen LogP contribution in [0, 0.1) is 23.7 Å². The van der Waals surface area contributed by atoms with Crippen LogP contribution in [0.5, 0.6) is 0 Å². The van der Waals surface area contributed by atoms with E-state index in [1.165, 1.54) is 0 Å². The lowest BCUT2D eigenvalue weighted by Gasteiger charge is -2.28. The first-order valence-electron chi connectivity index (χ1n) is 15.2. The summed E-state index contributed by atoms with van der Waals surface area (Å²) in [6.07, 6.45) is 1.21. The van der Waals surface area contributed by atoms with Crippen molar-refractivity contribution in [1.82, 2.24) is 26.6 Å².